The van der Waals surface area contributed by atoms with Gasteiger partial charge in [0.05, 0.1) is 19.3 Å². The fourth-order valence-electron chi connectivity index (χ4n) is 4.37. The van der Waals surface area contributed by atoms with Gasteiger partial charge in [-0.05, 0) is 50.1 Å². The lowest BCUT2D eigenvalue weighted by Gasteiger charge is -2.26. The van der Waals surface area contributed by atoms with Gasteiger partial charge in [-0.15, -0.1) is 0 Å². The first-order valence-corrected chi connectivity index (χ1v) is 17.4. The maximum absolute atomic E-state index is 13.4. The fraction of sp³-hybridized carbons (Fsp3) is 0.613. The second kappa shape index (κ2) is 23.4. The predicted molar refractivity (Wildman–Crippen MR) is 177 cm³/mol. The highest BCUT2D eigenvalue weighted by atomic mass is 32.2. The number of benzene rings is 1. The summed E-state index contributed by atoms with van der Waals surface area (Å²) in [5.74, 6) is -3.25. The Labute approximate surface area is 283 Å². The van der Waals surface area contributed by atoms with E-state index in [-0.39, 0.29) is 31.1 Å². The van der Waals surface area contributed by atoms with Crippen molar-refractivity contribution in [1.82, 2.24) is 26.6 Å². The lowest BCUT2D eigenvalue weighted by Crippen LogP contribution is -2.59. The van der Waals surface area contributed by atoms with Gasteiger partial charge in [-0.3, -0.25) is 23.4 Å². The summed E-state index contributed by atoms with van der Waals surface area (Å²) in [6, 6.07) is 2.36. The molecule has 0 bridgehead atoms. The van der Waals surface area contributed by atoms with Gasteiger partial charge in [0, 0.05) is 22.8 Å². The number of hydrogen-bond acceptors (Lipinski definition) is 11. The monoisotopic (exact) mass is 698 g/mol. The molecule has 0 aromatic heterocycles. The summed E-state index contributed by atoms with van der Waals surface area (Å²) >= 11 is 0. The third kappa shape index (κ3) is 16.8. The highest BCUT2D eigenvalue weighted by Gasteiger charge is 2.31. The first-order chi connectivity index (χ1) is 22.8. The molecule has 270 valence electrons. The van der Waals surface area contributed by atoms with Crippen LogP contribution >= 0.6 is 0 Å². The van der Waals surface area contributed by atoms with Crippen molar-refractivity contribution in [3.05, 3.63) is 35.9 Å². The summed E-state index contributed by atoms with van der Waals surface area (Å²) < 4.78 is 16.8. The van der Waals surface area contributed by atoms with Crippen molar-refractivity contribution < 1.29 is 47.9 Å². The van der Waals surface area contributed by atoms with Gasteiger partial charge >= 0.3 is 6.09 Å². The number of nitrogens with two attached hydrogens (primary N) is 1. The Morgan fingerprint density at radius 2 is 1.33 bits per heavy atom. The van der Waals surface area contributed by atoms with Crippen LogP contribution in [0.1, 0.15) is 51.5 Å². The van der Waals surface area contributed by atoms with Gasteiger partial charge in [0.1, 0.15) is 37.1 Å². The van der Waals surface area contributed by atoms with Gasteiger partial charge in [0.2, 0.25) is 23.6 Å². The summed E-state index contributed by atoms with van der Waals surface area (Å²) in [5.41, 5.74) is 6.27. The molecule has 0 saturated carbocycles. The molecule has 0 heterocycles. The van der Waals surface area contributed by atoms with Crippen molar-refractivity contribution >= 4 is 46.8 Å². The molecule has 16 nitrogen and oxygen atoms in total. The third-order valence-electron chi connectivity index (χ3n) is 6.94. The Hall–Kier alpha value is -3.93. The van der Waals surface area contributed by atoms with Crippen LogP contribution in [0.25, 0.3) is 0 Å². The number of amides is 5. The van der Waals surface area contributed by atoms with Gasteiger partial charge in [-0.1, -0.05) is 44.2 Å². The zero-order chi connectivity index (χ0) is 36.1. The van der Waals surface area contributed by atoms with Crippen LogP contribution in [0.4, 0.5) is 4.79 Å². The molecule has 0 aliphatic rings. The minimum atomic E-state index is -1.59. The minimum Gasteiger partial charge on any atom is -0.445 e. The largest absolute Gasteiger partial charge is 0.445 e. The molecule has 5 amide bonds. The molecule has 0 aliphatic carbocycles. The first kappa shape index (κ1) is 42.1. The third-order valence-corrected chi connectivity index (χ3v) is 7.75. The molecule has 0 fully saturated rings. The molecule has 0 saturated heterocycles. The zero-order valence-electron chi connectivity index (χ0n) is 27.6. The number of carbonyl (C=O) groups excluding carboxylic acids is 6. The molecule has 48 heavy (non-hydrogen) atoms. The number of hydrogen-bond donors (Lipinski definition) is 8. The highest BCUT2D eigenvalue weighted by molar-refractivity contribution is 7.84. The van der Waals surface area contributed by atoms with Crippen molar-refractivity contribution in [3.63, 3.8) is 0 Å². The van der Waals surface area contributed by atoms with E-state index in [2.05, 4.69) is 26.6 Å². The number of aldehydes is 1. The Kier molecular flexibility index (Phi) is 20.5. The van der Waals surface area contributed by atoms with E-state index in [0.29, 0.717) is 37.7 Å². The first-order valence-electron chi connectivity index (χ1n) is 15.7. The van der Waals surface area contributed by atoms with E-state index < -0.39 is 83.9 Å². The molecule has 17 heteroatoms. The van der Waals surface area contributed by atoms with E-state index in [0.717, 1.165) is 0 Å². The molecule has 1 rings (SSSR count). The lowest BCUT2D eigenvalue weighted by atomic mass is 10.0. The van der Waals surface area contributed by atoms with Crippen LogP contribution in [0.5, 0.6) is 0 Å². The van der Waals surface area contributed by atoms with Crippen LogP contribution in [0.3, 0.4) is 0 Å². The van der Waals surface area contributed by atoms with Crippen molar-refractivity contribution in [1.29, 1.82) is 0 Å². The standard InChI is InChI=1S/C31H50N6O10S/c1-20(2)15-22(16-38)33-27(41)24(12-14-48(3)46)35-28(42)23(11-7-8-13-32)34-29(43)25(17-39)36-30(44)26(18-40)37-31(45)47-19-21-9-5-4-6-10-21/h4-6,9-10,16,20,22-26,39-40H,7-8,11-15,17-19,32H2,1-3H3,(H,33,41)(H,34,43)(H,35,42)(H,36,44)(H,37,45)/t22-,23-,24-,25-,26-,48?/m0/s1. The summed E-state index contributed by atoms with van der Waals surface area (Å²) in [7, 11) is -1.30. The van der Waals surface area contributed by atoms with Crippen LogP contribution < -0.4 is 32.3 Å². The fourth-order valence-corrected chi connectivity index (χ4v) is 4.93. The molecule has 6 atom stereocenters. The van der Waals surface area contributed by atoms with E-state index in [1.54, 1.807) is 30.3 Å². The smallest absolute Gasteiger partial charge is 0.408 e. The van der Waals surface area contributed by atoms with Gasteiger partial charge < -0.3 is 52.1 Å². The second-order valence-electron chi connectivity index (χ2n) is 11.5. The Morgan fingerprint density at radius 1 is 0.812 bits per heavy atom. The van der Waals surface area contributed by atoms with Crippen LogP contribution in [0, 0.1) is 5.92 Å². The van der Waals surface area contributed by atoms with Gasteiger partial charge in [-0.2, -0.15) is 0 Å². The average molecular weight is 699 g/mol. The minimum absolute atomic E-state index is 0.0178. The number of unbranched alkanes of at least 4 members (excludes halogenated alkanes) is 1. The molecule has 0 radical (unpaired) electrons. The van der Waals surface area contributed by atoms with E-state index in [1.165, 1.54) is 6.26 Å². The number of ether oxygens (including phenoxy) is 1. The number of nitrogens with one attached hydrogen (secondary N) is 5. The highest BCUT2D eigenvalue weighted by Crippen LogP contribution is 2.07. The summed E-state index contributed by atoms with van der Waals surface area (Å²) in [6.45, 7) is 2.19. The Morgan fingerprint density at radius 3 is 1.85 bits per heavy atom. The molecular formula is C31H50N6O10S. The normalized spacial score (nSPS) is 14.7. The Balaban J connectivity index is 2.98. The quantitative estimate of drug-likeness (QED) is 0.0475. The molecular weight excluding hydrogens is 648 g/mol. The van der Waals surface area contributed by atoms with Crippen molar-refractivity contribution in [2.45, 2.75) is 82.8 Å². The summed E-state index contributed by atoms with van der Waals surface area (Å²) in [4.78, 5) is 76.2. The topological polar surface area (TPSA) is 255 Å². The van der Waals surface area contributed by atoms with Crippen molar-refractivity contribution in [2.75, 3.05) is 31.8 Å². The van der Waals surface area contributed by atoms with Crippen molar-refractivity contribution in [3.8, 4) is 0 Å². The molecule has 1 aromatic rings. The van der Waals surface area contributed by atoms with Gasteiger partial charge in [0.25, 0.3) is 0 Å². The maximum atomic E-state index is 13.4. The van der Waals surface area contributed by atoms with E-state index in [1.807, 2.05) is 13.8 Å². The molecule has 9 N–H and O–H groups in total. The van der Waals surface area contributed by atoms with Gasteiger partial charge in [0.15, 0.2) is 0 Å². The second-order valence-corrected chi connectivity index (χ2v) is 13.1. The predicted octanol–water partition coefficient (Wildman–Crippen LogP) is -1.65. The number of carbonyl (C=O) groups is 6. The molecule has 0 aliphatic heterocycles. The van der Waals surface area contributed by atoms with E-state index in [4.69, 9.17) is 10.5 Å². The number of alkyl carbamates (subject to hydrolysis) is 1. The number of rotatable bonds is 23. The molecule has 1 aromatic carbocycles. The van der Waals surface area contributed by atoms with E-state index in [9.17, 15) is 43.2 Å². The van der Waals surface area contributed by atoms with Crippen LogP contribution in [-0.4, -0.2) is 112 Å². The zero-order valence-corrected chi connectivity index (χ0v) is 28.5. The molecule has 1 unspecified atom stereocenters. The molecule has 0 spiro atoms. The number of aliphatic hydroxyl groups is 2. The lowest BCUT2D eigenvalue weighted by molar-refractivity contribution is -0.135. The van der Waals surface area contributed by atoms with Crippen molar-refractivity contribution in [2.24, 2.45) is 11.7 Å². The van der Waals surface area contributed by atoms with Crippen LogP contribution in [-0.2, 0) is 46.1 Å². The van der Waals surface area contributed by atoms with E-state index >= 15 is 0 Å². The van der Waals surface area contributed by atoms with Gasteiger partial charge in [-0.25, -0.2) is 4.79 Å². The van der Waals surface area contributed by atoms with Crippen LogP contribution in [0.15, 0.2) is 30.3 Å². The number of aliphatic hydroxyl groups excluding tert-OH is 2. The van der Waals surface area contributed by atoms with Crippen LogP contribution in [0.2, 0.25) is 0 Å². The SMILES string of the molecule is CC(C)C[C@@H](C=O)NC(=O)[C@H](CCS(C)=O)NC(=O)[C@H](CCCCN)NC(=O)[C@H](CO)NC(=O)[C@H](CO)NC(=O)OCc1ccccc1. The average Bonchev–Trinajstić information content (AvgIpc) is 3.05. The Bertz CT molecular complexity index is 1210. The summed E-state index contributed by atoms with van der Waals surface area (Å²) in [5, 5.41) is 31.6. The summed E-state index contributed by atoms with van der Waals surface area (Å²) in [6.07, 6.45) is 2.34. The maximum Gasteiger partial charge on any atom is 0.408 e.